The lowest BCUT2D eigenvalue weighted by atomic mass is 10.0. The first-order valence-corrected chi connectivity index (χ1v) is 8.61. The minimum absolute atomic E-state index is 0.0224. The van der Waals surface area contributed by atoms with Crippen LogP contribution in [0.15, 0.2) is 30.5 Å². The summed E-state index contributed by atoms with van der Waals surface area (Å²) in [5.74, 6) is -0.974. The van der Waals surface area contributed by atoms with Gasteiger partial charge in [0.05, 0.1) is 35.7 Å². The summed E-state index contributed by atoms with van der Waals surface area (Å²) >= 11 is 0. The van der Waals surface area contributed by atoms with E-state index in [1.54, 1.807) is 30.7 Å². The number of esters is 1. The summed E-state index contributed by atoms with van der Waals surface area (Å²) in [6.45, 7) is 7.63. The highest BCUT2D eigenvalue weighted by Gasteiger charge is 2.21. The number of rotatable bonds is 7. The summed E-state index contributed by atoms with van der Waals surface area (Å²) in [7, 11) is 0. The topological polar surface area (TPSA) is 73.2 Å². The fourth-order valence-electron chi connectivity index (χ4n) is 2.57. The van der Waals surface area contributed by atoms with Crippen LogP contribution in [0.1, 0.15) is 56.1 Å². The van der Waals surface area contributed by atoms with Crippen molar-refractivity contribution >= 4 is 11.9 Å². The van der Waals surface area contributed by atoms with E-state index in [0.717, 1.165) is 5.69 Å². The summed E-state index contributed by atoms with van der Waals surface area (Å²) in [5, 5.41) is 7.00. The molecule has 0 atom stereocenters. The van der Waals surface area contributed by atoms with Crippen LogP contribution < -0.4 is 5.32 Å². The van der Waals surface area contributed by atoms with Crippen molar-refractivity contribution in [2.45, 2.75) is 46.1 Å². The second-order valence-corrected chi connectivity index (χ2v) is 6.53. The standard InChI is InChI=1S/C19H24FN3O3/c1-12(2)18-16(19(25)21-10-9-17(24)26-13(3)4)11-22-23(18)15-7-5-14(20)6-8-15/h5-8,11-13H,9-10H2,1-4H3,(H,21,25). The van der Waals surface area contributed by atoms with Crippen LogP contribution >= 0.6 is 0 Å². The van der Waals surface area contributed by atoms with Gasteiger partial charge in [-0.15, -0.1) is 0 Å². The maximum atomic E-state index is 13.1. The van der Waals surface area contributed by atoms with Crippen molar-refractivity contribution in [1.29, 1.82) is 0 Å². The zero-order valence-corrected chi connectivity index (χ0v) is 15.5. The summed E-state index contributed by atoms with van der Waals surface area (Å²) in [5.41, 5.74) is 1.83. The third-order valence-corrected chi connectivity index (χ3v) is 3.65. The number of nitrogens with one attached hydrogen (secondary N) is 1. The second kappa shape index (κ2) is 8.60. The molecule has 0 radical (unpaired) electrons. The molecular formula is C19H24FN3O3. The molecule has 2 aromatic rings. The predicted molar refractivity (Wildman–Crippen MR) is 95.8 cm³/mol. The van der Waals surface area contributed by atoms with E-state index in [1.165, 1.54) is 18.3 Å². The smallest absolute Gasteiger partial charge is 0.307 e. The van der Waals surface area contributed by atoms with Gasteiger partial charge in [-0.25, -0.2) is 9.07 Å². The molecule has 1 aromatic heterocycles. The zero-order valence-electron chi connectivity index (χ0n) is 15.5. The average molecular weight is 361 g/mol. The second-order valence-electron chi connectivity index (χ2n) is 6.53. The Morgan fingerprint density at radius 1 is 1.19 bits per heavy atom. The predicted octanol–water partition coefficient (Wildman–Crippen LogP) is 3.21. The molecule has 0 aliphatic carbocycles. The average Bonchev–Trinajstić information content (AvgIpc) is 3.00. The van der Waals surface area contributed by atoms with Crippen molar-refractivity contribution in [3.05, 3.63) is 47.5 Å². The van der Waals surface area contributed by atoms with Crippen molar-refractivity contribution in [3.8, 4) is 5.69 Å². The van der Waals surface area contributed by atoms with Crippen molar-refractivity contribution in [2.24, 2.45) is 0 Å². The van der Waals surface area contributed by atoms with Crippen LogP contribution in [0.5, 0.6) is 0 Å². The Labute approximate surface area is 152 Å². The van der Waals surface area contributed by atoms with Crippen LogP contribution in [-0.2, 0) is 9.53 Å². The number of carbonyl (C=O) groups excluding carboxylic acids is 2. The Morgan fingerprint density at radius 2 is 1.85 bits per heavy atom. The van der Waals surface area contributed by atoms with E-state index in [-0.39, 0.29) is 42.7 Å². The Hall–Kier alpha value is -2.70. The molecule has 0 saturated carbocycles. The third-order valence-electron chi connectivity index (χ3n) is 3.65. The van der Waals surface area contributed by atoms with Crippen LogP contribution in [0, 0.1) is 5.82 Å². The van der Waals surface area contributed by atoms with Crippen molar-refractivity contribution in [1.82, 2.24) is 15.1 Å². The molecule has 1 aromatic carbocycles. The maximum absolute atomic E-state index is 13.1. The molecule has 26 heavy (non-hydrogen) atoms. The first kappa shape index (κ1) is 19.6. The maximum Gasteiger partial charge on any atom is 0.307 e. The van der Waals surface area contributed by atoms with Gasteiger partial charge in [0, 0.05) is 6.54 Å². The van der Waals surface area contributed by atoms with E-state index in [0.29, 0.717) is 11.3 Å². The Bertz CT molecular complexity index is 767. The van der Waals surface area contributed by atoms with E-state index in [1.807, 2.05) is 13.8 Å². The zero-order chi connectivity index (χ0) is 19.3. The number of amides is 1. The van der Waals surface area contributed by atoms with Gasteiger partial charge in [0.2, 0.25) is 0 Å². The number of halogens is 1. The van der Waals surface area contributed by atoms with Crippen molar-refractivity contribution in [3.63, 3.8) is 0 Å². The minimum Gasteiger partial charge on any atom is -0.463 e. The van der Waals surface area contributed by atoms with Gasteiger partial charge in [-0.1, -0.05) is 13.8 Å². The number of aromatic nitrogens is 2. The van der Waals surface area contributed by atoms with Crippen molar-refractivity contribution in [2.75, 3.05) is 6.54 Å². The van der Waals surface area contributed by atoms with Gasteiger partial charge in [-0.3, -0.25) is 9.59 Å². The molecule has 0 aliphatic rings. The van der Waals surface area contributed by atoms with Gasteiger partial charge in [-0.2, -0.15) is 5.10 Å². The first-order valence-electron chi connectivity index (χ1n) is 8.61. The van der Waals surface area contributed by atoms with Crippen LogP contribution in [0.25, 0.3) is 5.69 Å². The highest BCUT2D eigenvalue weighted by atomic mass is 19.1. The molecular weight excluding hydrogens is 337 g/mol. The number of benzene rings is 1. The van der Waals surface area contributed by atoms with Crippen LogP contribution in [0.4, 0.5) is 4.39 Å². The normalized spacial score (nSPS) is 11.0. The summed E-state index contributed by atoms with van der Waals surface area (Å²) in [6.07, 6.45) is 1.41. The lowest BCUT2D eigenvalue weighted by molar-refractivity contribution is -0.147. The first-order chi connectivity index (χ1) is 12.3. The molecule has 6 nitrogen and oxygen atoms in total. The number of ether oxygens (including phenoxy) is 1. The molecule has 1 heterocycles. The van der Waals surface area contributed by atoms with Crippen molar-refractivity contribution < 1.29 is 18.7 Å². The lowest BCUT2D eigenvalue weighted by Crippen LogP contribution is -2.28. The molecule has 0 aliphatic heterocycles. The Morgan fingerprint density at radius 3 is 2.42 bits per heavy atom. The number of carbonyl (C=O) groups is 2. The Kier molecular flexibility index (Phi) is 6.49. The Balaban J connectivity index is 2.12. The molecule has 0 unspecified atom stereocenters. The molecule has 0 fully saturated rings. The fourth-order valence-corrected chi connectivity index (χ4v) is 2.57. The molecule has 1 N–H and O–H groups in total. The van der Waals surface area contributed by atoms with Gasteiger partial charge in [-0.05, 0) is 44.0 Å². The third kappa shape index (κ3) is 4.91. The quantitative estimate of drug-likeness (QED) is 0.769. The highest BCUT2D eigenvalue weighted by molar-refractivity contribution is 5.95. The SMILES string of the molecule is CC(C)OC(=O)CCNC(=O)c1cnn(-c2ccc(F)cc2)c1C(C)C. The molecule has 0 saturated heterocycles. The summed E-state index contributed by atoms with van der Waals surface area (Å²) in [4.78, 5) is 24.0. The van der Waals surface area contributed by atoms with E-state index in [9.17, 15) is 14.0 Å². The number of nitrogens with zero attached hydrogens (tertiary/aromatic N) is 2. The molecule has 140 valence electrons. The molecule has 0 spiro atoms. The van der Waals surface area contributed by atoms with Gasteiger partial charge < -0.3 is 10.1 Å². The van der Waals surface area contributed by atoms with Gasteiger partial charge in [0.25, 0.3) is 5.91 Å². The molecule has 1 amide bonds. The van der Waals surface area contributed by atoms with Crippen LogP contribution in [0.3, 0.4) is 0 Å². The molecule has 2 rings (SSSR count). The lowest BCUT2D eigenvalue weighted by Gasteiger charge is -2.13. The van der Waals surface area contributed by atoms with Crippen LogP contribution in [0.2, 0.25) is 0 Å². The number of hydrogen-bond donors (Lipinski definition) is 1. The van der Waals surface area contributed by atoms with E-state index in [2.05, 4.69) is 10.4 Å². The van der Waals surface area contributed by atoms with E-state index >= 15 is 0 Å². The van der Waals surface area contributed by atoms with Gasteiger partial charge >= 0.3 is 5.97 Å². The highest BCUT2D eigenvalue weighted by Crippen LogP contribution is 2.23. The number of hydrogen-bond acceptors (Lipinski definition) is 4. The van der Waals surface area contributed by atoms with E-state index in [4.69, 9.17) is 4.74 Å². The fraction of sp³-hybridized carbons (Fsp3) is 0.421. The monoisotopic (exact) mass is 361 g/mol. The molecule has 7 heteroatoms. The minimum atomic E-state index is -0.355. The summed E-state index contributed by atoms with van der Waals surface area (Å²) < 4.78 is 19.8. The van der Waals surface area contributed by atoms with Gasteiger partial charge in [0.1, 0.15) is 5.82 Å². The largest absolute Gasteiger partial charge is 0.463 e. The summed E-state index contributed by atoms with van der Waals surface area (Å²) in [6, 6.07) is 5.91. The van der Waals surface area contributed by atoms with Gasteiger partial charge in [0.15, 0.2) is 0 Å². The molecule has 0 bridgehead atoms. The van der Waals surface area contributed by atoms with Crippen LogP contribution in [-0.4, -0.2) is 34.3 Å². The van der Waals surface area contributed by atoms with E-state index < -0.39 is 0 Å².